The van der Waals surface area contributed by atoms with Crippen LogP contribution in [0.4, 0.5) is 0 Å². The number of hydrogen-bond donors (Lipinski definition) is 0. The Morgan fingerprint density at radius 1 is 1.19 bits per heavy atom. The van der Waals surface area contributed by atoms with E-state index in [1.165, 1.54) is 5.56 Å². The minimum absolute atomic E-state index is 0.0716. The Labute approximate surface area is 98.3 Å². The lowest BCUT2D eigenvalue weighted by molar-refractivity contribution is -0.134. The molecule has 1 rings (SSSR count). The van der Waals surface area contributed by atoms with Gasteiger partial charge in [-0.05, 0) is 25.8 Å². The van der Waals surface area contributed by atoms with E-state index < -0.39 is 0 Å². The van der Waals surface area contributed by atoms with Crippen molar-refractivity contribution in [2.75, 3.05) is 13.1 Å². The number of nitrogens with zero attached hydrogens (tertiary/aromatic N) is 1. The fourth-order valence-corrected chi connectivity index (χ4v) is 1.90. The predicted octanol–water partition coefficient (Wildman–Crippen LogP) is 2.73. The van der Waals surface area contributed by atoms with Gasteiger partial charge in [0.1, 0.15) is 0 Å². The van der Waals surface area contributed by atoms with Crippen LogP contribution in [0.3, 0.4) is 0 Å². The third kappa shape index (κ3) is 3.37. The Kier molecular flexibility index (Phi) is 5.03. The van der Waals surface area contributed by atoms with Crippen molar-refractivity contribution in [1.82, 2.24) is 4.90 Å². The fourth-order valence-electron chi connectivity index (χ4n) is 1.90. The van der Waals surface area contributed by atoms with Gasteiger partial charge in [-0.2, -0.15) is 0 Å². The Morgan fingerprint density at radius 2 is 1.75 bits per heavy atom. The van der Waals surface area contributed by atoms with Crippen LogP contribution in [0.2, 0.25) is 0 Å². The molecule has 0 aliphatic heterocycles. The van der Waals surface area contributed by atoms with Crippen LogP contribution in [0.5, 0.6) is 0 Å². The van der Waals surface area contributed by atoms with E-state index in [9.17, 15) is 4.79 Å². The summed E-state index contributed by atoms with van der Waals surface area (Å²) in [5.74, 6) is 0.330. The number of rotatable bonds is 5. The van der Waals surface area contributed by atoms with Gasteiger partial charge in [-0.3, -0.25) is 4.79 Å². The molecule has 2 nitrogen and oxygen atoms in total. The molecule has 0 saturated heterocycles. The van der Waals surface area contributed by atoms with E-state index in [1.54, 1.807) is 0 Å². The summed E-state index contributed by atoms with van der Waals surface area (Å²) in [7, 11) is 0. The Bertz CT molecular complexity index is 317. The van der Waals surface area contributed by atoms with Crippen LogP contribution in [0, 0.1) is 5.92 Å². The summed E-state index contributed by atoms with van der Waals surface area (Å²) in [6.07, 6.45) is 0.830. The quantitative estimate of drug-likeness (QED) is 0.745. The zero-order valence-corrected chi connectivity index (χ0v) is 10.4. The van der Waals surface area contributed by atoms with Crippen molar-refractivity contribution >= 4 is 5.91 Å². The molecule has 0 fully saturated rings. The number of benzene rings is 1. The first-order valence-corrected chi connectivity index (χ1v) is 6.01. The molecule has 16 heavy (non-hydrogen) atoms. The number of carbonyl (C=O) groups is 1. The van der Waals surface area contributed by atoms with Gasteiger partial charge in [0.2, 0.25) is 5.91 Å². The lowest BCUT2D eigenvalue weighted by Crippen LogP contribution is -2.35. The smallest absolute Gasteiger partial charge is 0.225 e. The van der Waals surface area contributed by atoms with Gasteiger partial charge in [-0.1, -0.05) is 37.3 Å². The molecule has 1 atom stereocenters. The number of carbonyl (C=O) groups excluding carboxylic acids is 1. The molecular weight excluding hydrogens is 198 g/mol. The van der Waals surface area contributed by atoms with Crippen molar-refractivity contribution in [3.63, 3.8) is 0 Å². The summed E-state index contributed by atoms with van der Waals surface area (Å²) in [4.78, 5) is 13.9. The molecule has 2 heteroatoms. The monoisotopic (exact) mass is 219 g/mol. The zero-order valence-electron chi connectivity index (χ0n) is 10.4. The molecule has 1 unspecified atom stereocenters. The van der Waals surface area contributed by atoms with Crippen molar-refractivity contribution in [2.24, 2.45) is 5.92 Å². The van der Waals surface area contributed by atoms with E-state index in [4.69, 9.17) is 0 Å². The van der Waals surface area contributed by atoms with Gasteiger partial charge >= 0.3 is 0 Å². The highest BCUT2D eigenvalue weighted by atomic mass is 16.2. The molecule has 0 radical (unpaired) electrons. The van der Waals surface area contributed by atoms with E-state index in [1.807, 2.05) is 43.9 Å². The highest BCUT2D eigenvalue weighted by Crippen LogP contribution is 2.11. The molecule has 0 aliphatic rings. The molecule has 0 bridgehead atoms. The first-order valence-electron chi connectivity index (χ1n) is 6.01. The highest BCUT2D eigenvalue weighted by Gasteiger charge is 2.17. The molecular formula is C14H21NO. The lowest BCUT2D eigenvalue weighted by atomic mass is 10.00. The summed E-state index contributed by atoms with van der Waals surface area (Å²) in [6.45, 7) is 7.66. The zero-order chi connectivity index (χ0) is 12.0. The second-order valence-electron chi connectivity index (χ2n) is 4.10. The molecule has 0 saturated carbocycles. The average Bonchev–Trinajstić information content (AvgIpc) is 2.31. The van der Waals surface area contributed by atoms with Gasteiger partial charge in [0.25, 0.3) is 0 Å². The van der Waals surface area contributed by atoms with Gasteiger partial charge in [-0.15, -0.1) is 0 Å². The van der Waals surface area contributed by atoms with Crippen LogP contribution >= 0.6 is 0 Å². The van der Waals surface area contributed by atoms with E-state index in [-0.39, 0.29) is 11.8 Å². The first-order chi connectivity index (χ1) is 7.69. The second kappa shape index (κ2) is 6.31. The van der Waals surface area contributed by atoms with Crippen molar-refractivity contribution in [3.05, 3.63) is 35.9 Å². The van der Waals surface area contributed by atoms with Crippen LogP contribution < -0.4 is 0 Å². The maximum Gasteiger partial charge on any atom is 0.225 e. The van der Waals surface area contributed by atoms with Crippen LogP contribution in [0.25, 0.3) is 0 Å². The molecule has 0 aliphatic carbocycles. The largest absolute Gasteiger partial charge is 0.343 e. The molecule has 1 aromatic carbocycles. The first kappa shape index (κ1) is 12.8. The minimum atomic E-state index is 0.0716. The van der Waals surface area contributed by atoms with Crippen molar-refractivity contribution in [1.29, 1.82) is 0 Å². The van der Waals surface area contributed by atoms with Crippen molar-refractivity contribution in [2.45, 2.75) is 27.2 Å². The van der Waals surface area contributed by atoms with Gasteiger partial charge in [0.05, 0.1) is 0 Å². The van der Waals surface area contributed by atoms with Crippen LogP contribution in [-0.4, -0.2) is 23.9 Å². The summed E-state index contributed by atoms with van der Waals surface area (Å²) in [6, 6.07) is 10.2. The van der Waals surface area contributed by atoms with Gasteiger partial charge in [0.15, 0.2) is 0 Å². The standard InChI is InChI=1S/C14H21NO/c1-4-15(5-2)14(16)12(3)11-13-9-7-6-8-10-13/h6-10,12H,4-5,11H2,1-3H3. The van der Waals surface area contributed by atoms with Crippen molar-refractivity contribution in [3.8, 4) is 0 Å². The molecule has 0 N–H and O–H groups in total. The van der Waals surface area contributed by atoms with E-state index >= 15 is 0 Å². The normalized spacial score (nSPS) is 12.2. The maximum absolute atomic E-state index is 12.0. The second-order valence-corrected chi connectivity index (χ2v) is 4.10. The third-order valence-corrected chi connectivity index (χ3v) is 2.88. The number of amides is 1. The van der Waals surface area contributed by atoms with Crippen molar-refractivity contribution < 1.29 is 4.79 Å². The molecule has 0 spiro atoms. The summed E-state index contributed by atoms with van der Waals surface area (Å²) >= 11 is 0. The highest BCUT2D eigenvalue weighted by molar-refractivity contribution is 5.78. The Balaban J connectivity index is 2.58. The molecule has 1 amide bonds. The van der Waals surface area contributed by atoms with E-state index in [0.29, 0.717) is 0 Å². The van der Waals surface area contributed by atoms with Gasteiger partial charge in [0, 0.05) is 19.0 Å². The summed E-state index contributed by atoms with van der Waals surface area (Å²) < 4.78 is 0. The van der Waals surface area contributed by atoms with Gasteiger partial charge < -0.3 is 4.90 Å². The SMILES string of the molecule is CCN(CC)C(=O)C(C)Cc1ccccc1. The topological polar surface area (TPSA) is 20.3 Å². The molecule has 88 valence electrons. The Hall–Kier alpha value is -1.31. The van der Waals surface area contributed by atoms with Crippen LogP contribution in [0.15, 0.2) is 30.3 Å². The molecule has 0 heterocycles. The molecule has 1 aromatic rings. The maximum atomic E-state index is 12.0. The van der Waals surface area contributed by atoms with E-state index in [2.05, 4.69) is 12.1 Å². The Morgan fingerprint density at radius 3 is 2.25 bits per heavy atom. The van der Waals surface area contributed by atoms with Crippen LogP contribution in [-0.2, 0) is 11.2 Å². The van der Waals surface area contributed by atoms with Crippen LogP contribution in [0.1, 0.15) is 26.3 Å². The summed E-state index contributed by atoms with van der Waals surface area (Å²) in [5.41, 5.74) is 1.23. The van der Waals surface area contributed by atoms with Gasteiger partial charge in [-0.25, -0.2) is 0 Å². The average molecular weight is 219 g/mol. The lowest BCUT2D eigenvalue weighted by Gasteiger charge is -2.22. The van der Waals surface area contributed by atoms with E-state index in [0.717, 1.165) is 19.5 Å². The predicted molar refractivity (Wildman–Crippen MR) is 67.2 cm³/mol. The summed E-state index contributed by atoms with van der Waals surface area (Å²) in [5, 5.41) is 0. The fraction of sp³-hybridized carbons (Fsp3) is 0.500. The number of hydrogen-bond acceptors (Lipinski definition) is 1. The molecule has 0 aromatic heterocycles. The third-order valence-electron chi connectivity index (χ3n) is 2.88. The minimum Gasteiger partial charge on any atom is -0.343 e.